The van der Waals surface area contributed by atoms with Crippen LogP contribution < -0.4 is 5.73 Å². The fourth-order valence-corrected chi connectivity index (χ4v) is 1.01. The molecule has 0 aromatic heterocycles. The van der Waals surface area contributed by atoms with E-state index in [-0.39, 0.29) is 11.3 Å². The van der Waals surface area contributed by atoms with Crippen molar-refractivity contribution >= 4 is 16.9 Å². The Bertz CT molecular complexity index is 141. The van der Waals surface area contributed by atoms with Crippen LogP contribution in [-0.2, 0) is 4.74 Å². The zero-order chi connectivity index (χ0) is 9.56. The summed E-state index contributed by atoms with van der Waals surface area (Å²) in [6.45, 7) is 4.12. The Morgan fingerprint density at radius 1 is 1.67 bits per heavy atom. The molecule has 0 spiro atoms. The molecule has 1 atom stereocenters. The summed E-state index contributed by atoms with van der Waals surface area (Å²) >= 11 is 1.12. The number of hydrogen-bond acceptors (Lipinski definition) is 4. The largest absolute Gasteiger partial charge is 0.390 e. The van der Waals surface area contributed by atoms with Gasteiger partial charge >= 0.3 is 0 Å². The second-order valence-electron chi connectivity index (χ2n) is 2.71. The molecule has 0 radical (unpaired) electrons. The van der Waals surface area contributed by atoms with Crippen LogP contribution in [0, 0.1) is 5.41 Å². The Hall–Kier alpha value is -0.260. The van der Waals surface area contributed by atoms with Gasteiger partial charge in [0.05, 0.1) is 18.8 Å². The van der Waals surface area contributed by atoms with E-state index in [4.69, 9.17) is 15.9 Å². The van der Waals surface area contributed by atoms with Crippen LogP contribution in [0.5, 0.6) is 0 Å². The molecule has 0 saturated heterocycles. The predicted molar refractivity (Wildman–Crippen MR) is 51.5 cm³/mol. The second kappa shape index (κ2) is 6.28. The first-order valence-electron chi connectivity index (χ1n) is 3.79. The summed E-state index contributed by atoms with van der Waals surface area (Å²) in [6, 6.07) is 0. The molecule has 4 nitrogen and oxygen atoms in total. The zero-order valence-electron chi connectivity index (χ0n) is 7.41. The van der Waals surface area contributed by atoms with Crippen LogP contribution in [-0.4, -0.2) is 34.8 Å². The van der Waals surface area contributed by atoms with Gasteiger partial charge in [-0.3, -0.25) is 5.41 Å². The summed E-state index contributed by atoms with van der Waals surface area (Å²) in [5, 5.41) is 16.2. The van der Waals surface area contributed by atoms with Gasteiger partial charge in [0, 0.05) is 5.75 Å². The van der Waals surface area contributed by atoms with E-state index in [2.05, 4.69) is 0 Å². The highest BCUT2D eigenvalue weighted by molar-refractivity contribution is 8.13. The minimum absolute atomic E-state index is 0.0265. The number of hydrogen-bond donors (Lipinski definition) is 3. The van der Waals surface area contributed by atoms with E-state index in [9.17, 15) is 5.11 Å². The number of thioether (sulfide) groups is 1. The normalized spacial score (nSPS) is 13.3. The van der Waals surface area contributed by atoms with Crippen molar-refractivity contribution in [1.82, 2.24) is 0 Å². The summed E-state index contributed by atoms with van der Waals surface area (Å²) in [7, 11) is 0. The molecule has 0 saturated carbocycles. The van der Waals surface area contributed by atoms with Crippen LogP contribution in [0.25, 0.3) is 0 Å². The van der Waals surface area contributed by atoms with E-state index < -0.39 is 6.10 Å². The Balaban J connectivity index is 3.33. The number of nitrogens with one attached hydrogen (secondary N) is 1. The van der Waals surface area contributed by atoms with Crippen molar-refractivity contribution in [2.24, 2.45) is 5.73 Å². The van der Waals surface area contributed by atoms with Crippen LogP contribution in [0.2, 0.25) is 0 Å². The lowest BCUT2D eigenvalue weighted by atomic mass is 10.4. The van der Waals surface area contributed by atoms with Crippen LogP contribution in [0.15, 0.2) is 0 Å². The van der Waals surface area contributed by atoms with Crippen molar-refractivity contribution in [3.05, 3.63) is 0 Å². The molecule has 0 aliphatic rings. The fourth-order valence-electron chi connectivity index (χ4n) is 0.538. The van der Waals surface area contributed by atoms with Gasteiger partial charge in [-0.25, -0.2) is 0 Å². The van der Waals surface area contributed by atoms with Gasteiger partial charge in [-0.15, -0.1) is 0 Å². The Labute approximate surface area is 77.0 Å². The van der Waals surface area contributed by atoms with Crippen molar-refractivity contribution in [2.75, 3.05) is 12.4 Å². The molecule has 0 aliphatic carbocycles. The average molecular weight is 192 g/mol. The minimum Gasteiger partial charge on any atom is -0.390 e. The first-order valence-corrected chi connectivity index (χ1v) is 4.77. The Morgan fingerprint density at radius 2 is 2.25 bits per heavy atom. The fraction of sp³-hybridized carbons (Fsp3) is 0.857. The smallest absolute Gasteiger partial charge is 0.151 e. The van der Waals surface area contributed by atoms with E-state index in [1.54, 1.807) is 0 Å². The number of rotatable bonds is 5. The van der Waals surface area contributed by atoms with Crippen molar-refractivity contribution in [3.8, 4) is 0 Å². The summed E-state index contributed by atoms with van der Waals surface area (Å²) < 4.78 is 5.16. The maximum absolute atomic E-state index is 9.25. The standard InChI is InChI=1S/C7H16N2O2S/c1-5(2)11-3-6(10)4-12-7(8)9/h5-6,10H,3-4H2,1-2H3,(H3,8,9). The molecule has 0 aliphatic heterocycles. The highest BCUT2D eigenvalue weighted by atomic mass is 32.2. The van der Waals surface area contributed by atoms with E-state index in [0.29, 0.717) is 12.4 Å². The van der Waals surface area contributed by atoms with E-state index in [1.165, 1.54) is 0 Å². The molecule has 72 valence electrons. The topological polar surface area (TPSA) is 79.3 Å². The van der Waals surface area contributed by atoms with E-state index in [1.807, 2.05) is 13.8 Å². The number of amidine groups is 1. The summed E-state index contributed by atoms with van der Waals surface area (Å²) in [5.74, 6) is 0.419. The van der Waals surface area contributed by atoms with E-state index >= 15 is 0 Å². The van der Waals surface area contributed by atoms with Crippen LogP contribution in [0.3, 0.4) is 0 Å². The molecule has 0 bridgehead atoms. The first-order chi connectivity index (χ1) is 5.52. The van der Waals surface area contributed by atoms with Gasteiger partial charge in [-0.2, -0.15) is 0 Å². The monoisotopic (exact) mass is 192 g/mol. The molecular weight excluding hydrogens is 176 g/mol. The molecular formula is C7H16N2O2S. The summed E-state index contributed by atoms with van der Waals surface area (Å²) in [6.07, 6.45) is -0.414. The molecule has 4 N–H and O–H groups in total. The molecule has 0 amide bonds. The number of nitrogens with two attached hydrogens (primary N) is 1. The molecule has 0 heterocycles. The maximum Gasteiger partial charge on any atom is 0.151 e. The lowest BCUT2D eigenvalue weighted by Gasteiger charge is -2.12. The third-order valence-corrected chi connectivity index (χ3v) is 1.92. The van der Waals surface area contributed by atoms with Crippen molar-refractivity contribution in [2.45, 2.75) is 26.1 Å². The van der Waals surface area contributed by atoms with Gasteiger partial charge in [0.1, 0.15) is 0 Å². The van der Waals surface area contributed by atoms with Crippen molar-refractivity contribution < 1.29 is 9.84 Å². The van der Waals surface area contributed by atoms with Crippen molar-refractivity contribution in [3.63, 3.8) is 0 Å². The Morgan fingerprint density at radius 3 is 2.67 bits per heavy atom. The highest BCUT2D eigenvalue weighted by Gasteiger charge is 2.06. The lowest BCUT2D eigenvalue weighted by molar-refractivity contribution is 0.0153. The molecule has 0 rings (SSSR count). The number of aliphatic hydroxyl groups is 1. The molecule has 0 aromatic rings. The minimum atomic E-state index is -0.540. The van der Waals surface area contributed by atoms with Crippen LogP contribution in [0.4, 0.5) is 0 Å². The predicted octanol–water partition coefficient (Wildman–Crippen LogP) is 0.399. The molecule has 0 fully saturated rings. The molecule has 5 heteroatoms. The van der Waals surface area contributed by atoms with Crippen LogP contribution >= 0.6 is 11.8 Å². The second-order valence-corrected chi connectivity index (χ2v) is 3.77. The van der Waals surface area contributed by atoms with Gasteiger partial charge in [0.25, 0.3) is 0 Å². The van der Waals surface area contributed by atoms with Gasteiger partial charge in [0.15, 0.2) is 5.17 Å². The zero-order valence-corrected chi connectivity index (χ0v) is 8.23. The number of ether oxygens (including phenoxy) is 1. The van der Waals surface area contributed by atoms with Crippen molar-refractivity contribution in [1.29, 1.82) is 5.41 Å². The third kappa shape index (κ3) is 7.84. The van der Waals surface area contributed by atoms with Gasteiger partial charge in [-0.1, -0.05) is 11.8 Å². The van der Waals surface area contributed by atoms with Gasteiger partial charge in [-0.05, 0) is 13.8 Å². The maximum atomic E-state index is 9.25. The third-order valence-electron chi connectivity index (χ3n) is 1.05. The van der Waals surface area contributed by atoms with Gasteiger partial charge < -0.3 is 15.6 Å². The van der Waals surface area contributed by atoms with E-state index in [0.717, 1.165) is 11.8 Å². The Kier molecular flexibility index (Phi) is 6.14. The SMILES string of the molecule is CC(C)OCC(O)CSC(=N)N. The average Bonchev–Trinajstić information content (AvgIpc) is 1.96. The highest BCUT2D eigenvalue weighted by Crippen LogP contribution is 2.02. The molecule has 1 unspecified atom stereocenters. The summed E-state index contributed by atoms with van der Waals surface area (Å²) in [4.78, 5) is 0. The molecule has 0 aromatic carbocycles. The van der Waals surface area contributed by atoms with Crippen LogP contribution in [0.1, 0.15) is 13.8 Å². The lowest BCUT2D eigenvalue weighted by Crippen LogP contribution is -2.22. The summed E-state index contributed by atoms with van der Waals surface area (Å²) in [5.41, 5.74) is 5.09. The van der Waals surface area contributed by atoms with Gasteiger partial charge in [0.2, 0.25) is 0 Å². The number of aliphatic hydroxyl groups excluding tert-OH is 1. The first kappa shape index (κ1) is 11.7. The quantitative estimate of drug-likeness (QED) is 0.435. The molecule has 12 heavy (non-hydrogen) atoms.